The summed E-state index contributed by atoms with van der Waals surface area (Å²) in [6.45, 7) is 7.25. The summed E-state index contributed by atoms with van der Waals surface area (Å²) in [7, 11) is 2.27. The fraction of sp³-hybridized carbons (Fsp3) is 1.00. The molecular weight excluding hydrogens is 196 g/mol. The van der Waals surface area contributed by atoms with Crippen molar-refractivity contribution in [3.8, 4) is 0 Å². The lowest BCUT2D eigenvalue weighted by Crippen LogP contribution is -2.46. The van der Waals surface area contributed by atoms with Crippen molar-refractivity contribution in [1.82, 2.24) is 4.90 Å². The molecule has 2 heteroatoms. The molecule has 2 aliphatic carbocycles. The van der Waals surface area contributed by atoms with Gasteiger partial charge in [-0.15, -0.1) is 0 Å². The van der Waals surface area contributed by atoms with Crippen LogP contribution in [0.15, 0.2) is 0 Å². The first-order valence-corrected chi connectivity index (χ1v) is 7.00. The van der Waals surface area contributed by atoms with Gasteiger partial charge >= 0.3 is 0 Å². The lowest BCUT2D eigenvalue weighted by atomic mass is 9.72. The van der Waals surface area contributed by atoms with E-state index < -0.39 is 0 Å². The predicted molar refractivity (Wildman–Crippen MR) is 69.2 cm³/mol. The third-order valence-corrected chi connectivity index (χ3v) is 4.52. The Kier molecular flexibility index (Phi) is 3.91. The van der Waals surface area contributed by atoms with Gasteiger partial charge in [0.05, 0.1) is 0 Å². The number of hydrogen-bond acceptors (Lipinski definition) is 2. The Morgan fingerprint density at radius 2 is 1.81 bits per heavy atom. The molecule has 4 atom stereocenters. The van der Waals surface area contributed by atoms with E-state index in [1.807, 2.05) is 0 Å². The molecule has 2 N–H and O–H groups in total. The molecule has 0 aromatic heterocycles. The van der Waals surface area contributed by atoms with Crippen molar-refractivity contribution in [2.45, 2.75) is 45.6 Å². The molecule has 0 aromatic rings. The van der Waals surface area contributed by atoms with E-state index in [2.05, 4.69) is 25.8 Å². The molecule has 0 heterocycles. The Morgan fingerprint density at radius 1 is 1.12 bits per heavy atom. The second-order valence-electron chi connectivity index (χ2n) is 6.55. The van der Waals surface area contributed by atoms with Crippen LogP contribution < -0.4 is 5.73 Å². The maximum Gasteiger partial charge on any atom is 0.00844 e. The van der Waals surface area contributed by atoms with Gasteiger partial charge in [-0.2, -0.15) is 0 Å². The van der Waals surface area contributed by atoms with E-state index in [9.17, 15) is 0 Å². The molecule has 2 rings (SSSR count). The van der Waals surface area contributed by atoms with Gasteiger partial charge in [0.25, 0.3) is 0 Å². The van der Waals surface area contributed by atoms with E-state index in [0.29, 0.717) is 6.04 Å². The van der Waals surface area contributed by atoms with Crippen LogP contribution in [0.5, 0.6) is 0 Å². The van der Waals surface area contributed by atoms with Crippen molar-refractivity contribution in [1.29, 1.82) is 0 Å². The van der Waals surface area contributed by atoms with Gasteiger partial charge in [0.15, 0.2) is 0 Å². The molecule has 0 aromatic carbocycles. The van der Waals surface area contributed by atoms with Crippen molar-refractivity contribution in [3.05, 3.63) is 0 Å². The number of nitrogens with zero attached hydrogens (tertiary/aromatic N) is 1. The normalized spacial score (nSPS) is 40.3. The lowest BCUT2D eigenvalue weighted by molar-refractivity contribution is 0.128. The summed E-state index contributed by atoms with van der Waals surface area (Å²) < 4.78 is 0. The van der Waals surface area contributed by atoms with E-state index in [0.717, 1.165) is 23.7 Å². The number of nitrogens with two attached hydrogens (primary N) is 1. The van der Waals surface area contributed by atoms with Gasteiger partial charge in [-0.3, -0.25) is 0 Å². The van der Waals surface area contributed by atoms with Crippen LogP contribution in [0.4, 0.5) is 0 Å². The van der Waals surface area contributed by atoms with Crippen LogP contribution in [0.25, 0.3) is 0 Å². The van der Waals surface area contributed by atoms with Crippen molar-refractivity contribution in [2.75, 3.05) is 20.1 Å². The highest BCUT2D eigenvalue weighted by atomic mass is 15.1. The molecule has 0 saturated heterocycles. The quantitative estimate of drug-likeness (QED) is 0.794. The summed E-state index contributed by atoms with van der Waals surface area (Å²) in [4.78, 5) is 2.52. The number of hydrogen-bond donors (Lipinski definition) is 1. The molecule has 0 aliphatic heterocycles. The highest BCUT2D eigenvalue weighted by Crippen LogP contribution is 2.34. The molecule has 0 radical (unpaired) electrons. The Balaban J connectivity index is 1.81. The van der Waals surface area contributed by atoms with Gasteiger partial charge in [0.1, 0.15) is 0 Å². The Bertz CT molecular complexity index is 213. The maximum absolute atomic E-state index is 6.33. The zero-order valence-corrected chi connectivity index (χ0v) is 11.2. The number of rotatable bonds is 4. The van der Waals surface area contributed by atoms with Crippen LogP contribution >= 0.6 is 0 Å². The van der Waals surface area contributed by atoms with Gasteiger partial charge in [0, 0.05) is 19.1 Å². The third-order valence-electron chi connectivity index (χ3n) is 4.52. The summed E-state index contributed by atoms with van der Waals surface area (Å²) in [5.41, 5.74) is 6.33. The molecule has 0 spiro atoms. The minimum Gasteiger partial charge on any atom is -0.327 e. The van der Waals surface area contributed by atoms with Crippen LogP contribution in [0, 0.1) is 23.7 Å². The second kappa shape index (κ2) is 5.05. The van der Waals surface area contributed by atoms with Crippen LogP contribution in [-0.4, -0.2) is 31.1 Å². The predicted octanol–water partition coefficient (Wildman–Crippen LogP) is 2.34. The van der Waals surface area contributed by atoms with E-state index in [1.54, 1.807) is 0 Å². The molecule has 2 nitrogen and oxygen atoms in total. The average molecular weight is 224 g/mol. The first-order valence-electron chi connectivity index (χ1n) is 7.00. The monoisotopic (exact) mass is 224 g/mol. The van der Waals surface area contributed by atoms with Crippen LogP contribution in [0.1, 0.15) is 39.5 Å². The fourth-order valence-electron chi connectivity index (χ4n) is 3.46. The van der Waals surface area contributed by atoms with Crippen molar-refractivity contribution < 1.29 is 0 Å². The second-order valence-corrected chi connectivity index (χ2v) is 6.55. The smallest absolute Gasteiger partial charge is 0.00844 e. The topological polar surface area (TPSA) is 29.3 Å². The van der Waals surface area contributed by atoms with Crippen LogP contribution in [-0.2, 0) is 0 Å². The standard InChI is InChI=1S/C14H28N2/c1-10-6-11(2)13(14(15)7-10)9-16(3)8-12-4-5-12/h10-14H,4-9,15H2,1-3H3. The van der Waals surface area contributed by atoms with Gasteiger partial charge < -0.3 is 10.6 Å². The van der Waals surface area contributed by atoms with Gasteiger partial charge in [-0.1, -0.05) is 13.8 Å². The summed E-state index contributed by atoms with van der Waals surface area (Å²) in [6, 6.07) is 0.431. The third kappa shape index (κ3) is 3.21. The van der Waals surface area contributed by atoms with Gasteiger partial charge in [-0.05, 0) is 56.4 Å². The summed E-state index contributed by atoms with van der Waals surface area (Å²) in [5, 5.41) is 0. The van der Waals surface area contributed by atoms with Crippen molar-refractivity contribution >= 4 is 0 Å². The minimum absolute atomic E-state index is 0.431. The average Bonchev–Trinajstić information content (AvgIpc) is 2.95. The molecule has 0 bridgehead atoms. The largest absolute Gasteiger partial charge is 0.327 e. The Morgan fingerprint density at radius 3 is 2.38 bits per heavy atom. The zero-order chi connectivity index (χ0) is 11.7. The first kappa shape index (κ1) is 12.4. The Hall–Kier alpha value is -0.0800. The van der Waals surface area contributed by atoms with Crippen molar-refractivity contribution in [2.24, 2.45) is 29.4 Å². The molecule has 16 heavy (non-hydrogen) atoms. The molecular formula is C14H28N2. The van der Waals surface area contributed by atoms with Crippen LogP contribution in [0.3, 0.4) is 0 Å². The van der Waals surface area contributed by atoms with Crippen LogP contribution in [0.2, 0.25) is 0 Å². The van der Waals surface area contributed by atoms with Crippen molar-refractivity contribution in [3.63, 3.8) is 0 Å². The van der Waals surface area contributed by atoms with E-state index >= 15 is 0 Å². The van der Waals surface area contributed by atoms with E-state index in [1.165, 1.54) is 38.8 Å². The minimum atomic E-state index is 0.431. The molecule has 2 aliphatic rings. The maximum atomic E-state index is 6.33. The fourth-order valence-corrected chi connectivity index (χ4v) is 3.46. The molecule has 2 fully saturated rings. The van der Waals surface area contributed by atoms with E-state index in [4.69, 9.17) is 5.73 Å². The highest BCUT2D eigenvalue weighted by molar-refractivity contribution is 4.87. The Labute approximate surface area is 101 Å². The van der Waals surface area contributed by atoms with E-state index in [-0.39, 0.29) is 0 Å². The highest BCUT2D eigenvalue weighted by Gasteiger charge is 2.33. The molecule has 4 unspecified atom stereocenters. The summed E-state index contributed by atoms with van der Waals surface area (Å²) >= 11 is 0. The molecule has 2 saturated carbocycles. The van der Waals surface area contributed by atoms with Gasteiger partial charge in [0.2, 0.25) is 0 Å². The first-order chi connectivity index (χ1) is 7.56. The summed E-state index contributed by atoms with van der Waals surface area (Å²) in [6.07, 6.45) is 5.50. The summed E-state index contributed by atoms with van der Waals surface area (Å²) in [5.74, 6) is 3.36. The zero-order valence-electron chi connectivity index (χ0n) is 11.2. The van der Waals surface area contributed by atoms with Gasteiger partial charge in [-0.25, -0.2) is 0 Å². The molecule has 0 amide bonds. The lowest BCUT2D eigenvalue weighted by Gasteiger charge is -2.39. The molecule has 94 valence electrons. The SMILES string of the molecule is CC1CC(C)C(CN(C)CC2CC2)C(N)C1.